The van der Waals surface area contributed by atoms with Crippen molar-refractivity contribution in [2.45, 2.75) is 0 Å². The van der Waals surface area contributed by atoms with Crippen molar-refractivity contribution < 1.29 is 0 Å². The molecule has 0 fully saturated rings. The minimum absolute atomic E-state index is 0.865. The van der Waals surface area contributed by atoms with Crippen LogP contribution in [0.25, 0.3) is 22.3 Å². The fraction of sp³-hybridized carbons (Fsp3) is 0. The average molecular weight is 196 g/mol. The third-order valence-corrected chi connectivity index (χ3v) is 2.31. The van der Waals surface area contributed by atoms with Crippen molar-refractivity contribution in [3.63, 3.8) is 0 Å². The largest absolute Gasteiger partial charge is 0.346 e. The molecule has 3 aromatic heterocycles. The van der Waals surface area contributed by atoms with E-state index in [-0.39, 0.29) is 0 Å². The van der Waals surface area contributed by atoms with Crippen LogP contribution in [-0.2, 0) is 0 Å². The molecule has 3 heterocycles. The van der Waals surface area contributed by atoms with E-state index in [2.05, 4.69) is 20.2 Å². The van der Waals surface area contributed by atoms with Crippen molar-refractivity contribution >= 4 is 11.0 Å². The summed E-state index contributed by atoms with van der Waals surface area (Å²) in [7, 11) is 0. The lowest BCUT2D eigenvalue weighted by molar-refractivity contribution is 1.04. The molecule has 3 aromatic rings. The van der Waals surface area contributed by atoms with Crippen LogP contribution < -0.4 is 0 Å². The van der Waals surface area contributed by atoms with Crippen LogP contribution >= 0.6 is 0 Å². The molecule has 3 rings (SSSR count). The Balaban J connectivity index is 2.31. The molecule has 0 aliphatic heterocycles. The minimum Gasteiger partial charge on any atom is -0.346 e. The third kappa shape index (κ3) is 1.27. The maximum Gasteiger partial charge on any atom is 0.137 e. The summed E-state index contributed by atoms with van der Waals surface area (Å²) in [5.74, 6) is 0. The Morgan fingerprint density at radius 3 is 2.93 bits per heavy atom. The summed E-state index contributed by atoms with van der Waals surface area (Å²) in [6, 6.07) is 7.75. The number of nitrogens with zero attached hydrogens (tertiary/aromatic N) is 3. The molecule has 0 saturated carbocycles. The molecule has 4 heteroatoms. The van der Waals surface area contributed by atoms with E-state index in [1.165, 1.54) is 0 Å². The standard InChI is InChI=1S/C11H8N4/c1-2-10(15-14-5-1)8-3-6-12-11-9(8)4-7-13-11/h1-7H,(H,12,13). The van der Waals surface area contributed by atoms with E-state index < -0.39 is 0 Å². The second-order valence-corrected chi connectivity index (χ2v) is 3.21. The summed E-state index contributed by atoms with van der Waals surface area (Å²) in [4.78, 5) is 7.29. The summed E-state index contributed by atoms with van der Waals surface area (Å²) < 4.78 is 0. The molecule has 0 saturated heterocycles. The van der Waals surface area contributed by atoms with Crippen LogP contribution in [0.5, 0.6) is 0 Å². The van der Waals surface area contributed by atoms with Gasteiger partial charge in [0.2, 0.25) is 0 Å². The fourth-order valence-electron chi connectivity index (χ4n) is 1.63. The molecule has 15 heavy (non-hydrogen) atoms. The lowest BCUT2D eigenvalue weighted by Crippen LogP contribution is -1.87. The number of pyridine rings is 1. The van der Waals surface area contributed by atoms with Gasteiger partial charge in [-0.25, -0.2) is 4.98 Å². The molecular weight excluding hydrogens is 188 g/mol. The Morgan fingerprint density at radius 1 is 1.07 bits per heavy atom. The molecule has 0 unspecified atom stereocenters. The van der Waals surface area contributed by atoms with Gasteiger partial charge in [-0.05, 0) is 24.3 Å². The first kappa shape index (κ1) is 8.11. The van der Waals surface area contributed by atoms with E-state index in [1.54, 1.807) is 12.4 Å². The molecule has 72 valence electrons. The molecule has 1 N–H and O–H groups in total. The normalized spacial score (nSPS) is 10.7. The smallest absolute Gasteiger partial charge is 0.137 e. The van der Waals surface area contributed by atoms with Gasteiger partial charge in [0.05, 0.1) is 5.69 Å². The first-order chi connectivity index (χ1) is 7.45. The maximum atomic E-state index is 4.22. The zero-order chi connectivity index (χ0) is 10.1. The monoisotopic (exact) mass is 196 g/mol. The second-order valence-electron chi connectivity index (χ2n) is 3.21. The molecule has 0 atom stereocenters. The van der Waals surface area contributed by atoms with Gasteiger partial charge >= 0.3 is 0 Å². The second kappa shape index (κ2) is 3.16. The number of rotatable bonds is 1. The van der Waals surface area contributed by atoms with E-state index in [9.17, 15) is 0 Å². The highest BCUT2D eigenvalue weighted by Gasteiger charge is 2.05. The number of fused-ring (bicyclic) bond motifs is 1. The predicted molar refractivity (Wildman–Crippen MR) is 57.1 cm³/mol. The number of nitrogens with one attached hydrogen (secondary N) is 1. The van der Waals surface area contributed by atoms with Crippen LogP contribution in [0.4, 0.5) is 0 Å². The average Bonchev–Trinajstić information content (AvgIpc) is 2.78. The van der Waals surface area contributed by atoms with Crippen LogP contribution in [0.3, 0.4) is 0 Å². The quantitative estimate of drug-likeness (QED) is 0.647. The van der Waals surface area contributed by atoms with E-state index in [0.29, 0.717) is 0 Å². The summed E-state index contributed by atoms with van der Waals surface area (Å²) in [5, 5.41) is 9.03. The van der Waals surface area contributed by atoms with Crippen molar-refractivity contribution in [2.24, 2.45) is 0 Å². The van der Waals surface area contributed by atoms with Gasteiger partial charge in [0.15, 0.2) is 0 Å². The van der Waals surface area contributed by atoms with Crippen molar-refractivity contribution in [1.29, 1.82) is 0 Å². The van der Waals surface area contributed by atoms with E-state index in [0.717, 1.165) is 22.3 Å². The Kier molecular flexibility index (Phi) is 1.71. The van der Waals surface area contributed by atoms with Gasteiger partial charge in [-0.1, -0.05) is 0 Å². The lowest BCUT2D eigenvalue weighted by Gasteiger charge is -2.00. The van der Waals surface area contributed by atoms with Crippen molar-refractivity contribution in [2.75, 3.05) is 0 Å². The summed E-state index contributed by atoms with van der Waals surface area (Å²) in [5.41, 5.74) is 2.79. The topological polar surface area (TPSA) is 54.5 Å². The van der Waals surface area contributed by atoms with Gasteiger partial charge in [0, 0.05) is 29.5 Å². The molecular formula is C11H8N4. The first-order valence-electron chi connectivity index (χ1n) is 4.65. The lowest BCUT2D eigenvalue weighted by atomic mass is 10.1. The van der Waals surface area contributed by atoms with Gasteiger partial charge in [0.1, 0.15) is 5.65 Å². The van der Waals surface area contributed by atoms with Crippen LogP contribution in [0.15, 0.2) is 42.9 Å². The summed E-state index contributed by atoms with van der Waals surface area (Å²) in [6.07, 6.45) is 5.30. The van der Waals surface area contributed by atoms with E-state index >= 15 is 0 Å². The van der Waals surface area contributed by atoms with Crippen molar-refractivity contribution in [3.8, 4) is 11.3 Å². The van der Waals surface area contributed by atoms with E-state index in [4.69, 9.17) is 0 Å². The highest BCUT2D eigenvalue weighted by atomic mass is 15.1. The Labute approximate surface area is 86.0 Å². The molecule has 0 spiro atoms. The summed E-state index contributed by atoms with van der Waals surface area (Å²) >= 11 is 0. The molecule has 0 aliphatic carbocycles. The number of aromatic nitrogens is 4. The Morgan fingerprint density at radius 2 is 2.07 bits per heavy atom. The zero-order valence-corrected chi connectivity index (χ0v) is 7.88. The molecule has 0 aromatic carbocycles. The van der Waals surface area contributed by atoms with E-state index in [1.807, 2.05) is 30.5 Å². The Hall–Kier alpha value is -2.23. The highest BCUT2D eigenvalue weighted by Crippen LogP contribution is 2.24. The van der Waals surface area contributed by atoms with Crippen molar-refractivity contribution in [3.05, 3.63) is 42.9 Å². The van der Waals surface area contributed by atoms with Gasteiger partial charge < -0.3 is 4.98 Å². The number of hydrogen-bond donors (Lipinski definition) is 1. The minimum atomic E-state index is 0.865. The van der Waals surface area contributed by atoms with Crippen molar-refractivity contribution in [1.82, 2.24) is 20.2 Å². The van der Waals surface area contributed by atoms with Crippen LogP contribution in [-0.4, -0.2) is 20.2 Å². The van der Waals surface area contributed by atoms with Gasteiger partial charge in [-0.3, -0.25) is 0 Å². The maximum absolute atomic E-state index is 4.22. The van der Waals surface area contributed by atoms with Crippen LogP contribution in [0.2, 0.25) is 0 Å². The number of hydrogen-bond acceptors (Lipinski definition) is 3. The highest BCUT2D eigenvalue weighted by molar-refractivity contribution is 5.91. The van der Waals surface area contributed by atoms with Crippen LogP contribution in [0.1, 0.15) is 0 Å². The van der Waals surface area contributed by atoms with Crippen LogP contribution in [0, 0.1) is 0 Å². The molecule has 0 amide bonds. The fourth-order valence-corrected chi connectivity index (χ4v) is 1.63. The summed E-state index contributed by atoms with van der Waals surface area (Å²) in [6.45, 7) is 0. The first-order valence-corrected chi connectivity index (χ1v) is 4.65. The third-order valence-electron chi connectivity index (χ3n) is 2.31. The molecule has 0 radical (unpaired) electrons. The number of H-pyrrole nitrogens is 1. The predicted octanol–water partition coefficient (Wildman–Crippen LogP) is 2.02. The number of aromatic amines is 1. The van der Waals surface area contributed by atoms with Gasteiger partial charge in [0.25, 0.3) is 0 Å². The molecule has 0 aliphatic rings. The molecule has 0 bridgehead atoms. The zero-order valence-electron chi connectivity index (χ0n) is 7.88. The van der Waals surface area contributed by atoms with Gasteiger partial charge in [-0.15, -0.1) is 0 Å². The SMILES string of the molecule is c1cnnc(-c2ccnc3[nH]ccc23)c1. The Bertz CT molecular complexity index is 586. The van der Waals surface area contributed by atoms with Gasteiger partial charge in [-0.2, -0.15) is 10.2 Å². The molecule has 4 nitrogen and oxygen atoms in total.